The molecule has 6 nitrogen and oxygen atoms in total. The fourth-order valence-electron chi connectivity index (χ4n) is 1.32. The number of nitrogens with zero attached hydrogens (tertiary/aromatic N) is 2. The molecule has 1 atom stereocenters. The second kappa shape index (κ2) is 3.24. The van der Waals surface area contributed by atoms with Crippen LogP contribution in [0.2, 0.25) is 0 Å². The van der Waals surface area contributed by atoms with Crippen LogP contribution < -0.4 is 0 Å². The average Bonchev–Trinajstić information content (AvgIpc) is 2.26. The van der Waals surface area contributed by atoms with Crippen LogP contribution in [0.4, 0.5) is 4.39 Å². The van der Waals surface area contributed by atoms with Crippen LogP contribution in [0.5, 0.6) is 0 Å². The van der Waals surface area contributed by atoms with E-state index in [1.807, 2.05) is 0 Å². The number of halogens is 1. The molecule has 0 spiro atoms. The van der Waals surface area contributed by atoms with Gasteiger partial charge in [0.25, 0.3) is 5.78 Å². The van der Waals surface area contributed by atoms with Crippen LogP contribution in [0.1, 0.15) is 26.7 Å². The van der Waals surface area contributed by atoms with Crippen molar-refractivity contribution in [1.29, 1.82) is 0 Å². The molecule has 0 radical (unpaired) electrons. The van der Waals surface area contributed by atoms with Crippen molar-refractivity contribution in [3.63, 3.8) is 0 Å². The minimum atomic E-state index is -2.10. The number of Topliss-reactive ketones (excluding diaryl/α,β-unsaturated/α-hetero) is 3. The van der Waals surface area contributed by atoms with Crippen LogP contribution in [0.15, 0.2) is 0 Å². The van der Waals surface area contributed by atoms with Gasteiger partial charge in [-0.05, 0) is 6.92 Å². The first-order valence-corrected chi connectivity index (χ1v) is 4.28. The van der Waals surface area contributed by atoms with Gasteiger partial charge in [-0.1, -0.05) is 0 Å². The number of fused-ring (bicyclic) bond motifs is 1. The predicted molar refractivity (Wildman–Crippen MR) is 46.4 cm³/mol. The summed E-state index contributed by atoms with van der Waals surface area (Å²) in [5.74, 6) is -4.51. The number of hydrogen-bond acceptors (Lipinski definition) is 6. The number of aryl methyl sites for hydroxylation is 1. The number of aliphatic hydroxyl groups is 1. The maximum atomic E-state index is 13.0. The van der Waals surface area contributed by atoms with Crippen LogP contribution in [-0.4, -0.2) is 38.5 Å². The molecule has 1 N–H and O–H groups in total. The summed E-state index contributed by atoms with van der Waals surface area (Å²) in [5, 5.41) is 9.11. The van der Waals surface area contributed by atoms with Crippen molar-refractivity contribution in [3.8, 4) is 0 Å². The molecule has 0 fully saturated rings. The summed E-state index contributed by atoms with van der Waals surface area (Å²) in [4.78, 5) is 40.5. The Bertz CT molecular complexity index is 541. The highest BCUT2D eigenvalue weighted by Gasteiger charge is 2.42. The molecule has 1 aliphatic rings. The average molecular weight is 224 g/mol. The van der Waals surface area contributed by atoms with E-state index in [0.29, 0.717) is 0 Å². The lowest BCUT2D eigenvalue weighted by Crippen LogP contribution is -2.42. The van der Waals surface area contributed by atoms with E-state index in [1.165, 1.54) is 6.92 Å². The molecule has 0 bridgehead atoms. The summed E-state index contributed by atoms with van der Waals surface area (Å²) in [5.41, 5.74) is -1.29. The zero-order chi connectivity index (χ0) is 12.0. The van der Waals surface area contributed by atoms with Crippen LogP contribution in [0.3, 0.4) is 0 Å². The topological polar surface area (TPSA) is 97.2 Å². The Balaban J connectivity index is 2.73. The predicted octanol–water partition coefficient (Wildman–Crippen LogP) is -0.767. The summed E-state index contributed by atoms with van der Waals surface area (Å²) < 4.78 is 13.0. The Hall–Kier alpha value is -2.02. The third-order valence-corrected chi connectivity index (χ3v) is 2.18. The fourth-order valence-corrected chi connectivity index (χ4v) is 1.32. The fraction of sp³-hybridized carbons (Fsp3) is 0.222. The van der Waals surface area contributed by atoms with E-state index >= 15 is 0 Å². The molecule has 82 valence electrons. The molecule has 1 unspecified atom stereocenters. The Morgan fingerprint density at radius 3 is 2.38 bits per heavy atom. The third-order valence-electron chi connectivity index (χ3n) is 2.18. The van der Waals surface area contributed by atoms with Gasteiger partial charge in [0.1, 0.15) is 11.4 Å². The SMILES string of the molecule is Cc1nc2c(nc1F)C(=O)C(O)C(=O)C2=O. The quantitative estimate of drug-likeness (QED) is 0.459. The first-order valence-electron chi connectivity index (χ1n) is 4.28. The summed E-state index contributed by atoms with van der Waals surface area (Å²) in [6, 6.07) is 0. The summed E-state index contributed by atoms with van der Waals surface area (Å²) in [6.07, 6.45) is -2.10. The van der Waals surface area contributed by atoms with Crippen molar-refractivity contribution >= 4 is 17.3 Å². The van der Waals surface area contributed by atoms with E-state index in [4.69, 9.17) is 5.11 Å². The normalized spacial score (nSPS) is 19.9. The molecule has 0 saturated carbocycles. The van der Waals surface area contributed by atoms with E-state index in [0.717, 1.165) is 0 Å². The van der Waals surface area contributed by atoms with Crippen molar-refractivity contribution < 1.29 is 23.9 Å². The van der Waals surface area contributed by atoms with Crippen LogP contribution in [0, 0.1) is 12.9 Å². The Kier molecular flexibility index (Phi) is 2.13. The van der Waals surface area contributed by atoms with Gasteiger partial charge in [-0.25, -0.2) is 9.97 Å². The Morgan fingerprint density at radius 2 is 1.75 bits per heavy atom. The Morgan fingerprint density at radius 1 is 1.12 bits per heavy atom. The molecule has 1 heterocycles. The third kappa shape index (κ3) is 1.25. The van der Waals surface area contributed by atoms with Gasteiger partial charge in [-0.3, -0.25) is 14.4 Å². The first-order chi connectivity index (χ1) is 7.43. The highest BCUT2D eigenvalue weighted by molar-refractivity contribution is 6.52. The largest absolute Gasteiger partial charge is 0.377 e. The zero-order valence-electron chi connectivity index (χ0n) is 8.02. The minimum Gasteiger partial charge on any atom is -0.377 e. The summed E-state index contributed by atoms with van der Waals surface area (Å²) in [7, 11) is 0. The van der Waals surface area contributed by atoms with E-state index in [9.17, 15) is 18.8 Å². The lowest BCUT2D eigenvalue weighted by molar-refractivity contribution is -0.121. The number of aliphatic hydroxyl groups excluding tert-OH is 1. The van der Waals surface area contributed by atoms with Crippen molar-refractivity contribution in [1.82, 2.24) is 9.97 Å². The molecule has 0 aromatic carbocycles. The first kappa shape index (κ1) is 10.5. The van der Waals surface area contributed by atoms with E-state index < -0.39 is 40.8 Å². The lowest BCUT2D eigenvalue weighted by atomic mass is 9.94. The molecule has 0 saturated heterocycles. The van der Waals surface area contributed by atoms with Crippen molar-refractivity contribution in [2.75, 3.05) is 0 Å². The molecular weight excluding hydrogens is 219 g/mol. The summed E-state index contributed by atoms with van der Waals surface area (Å²) in [6.45, 7) is 1.25. The van der Waals surface area contributed by atoms with Gasteiger partial charge in [0.15, 0.2) is 6.10 Å². The number of carbonyl (C=O) groups is 3. The van der Waals surface area contributed by atoms with Gasteiger partial charge in [0.05, 0.1) is 5.69 Å². The van der Waals surface area contributed by atoms with Gasteiger partial charge in [0.2, 0.25) is 17.5 Å². The molecule has 2 rings (SSSR count). The zero-order valence-corrected chi connectivity index (χ0v) is 8.02. The number of carbonyl (C=O) groups excluding carboxylic acids is 3. The van der Waals surface area contributed by atoms with Gasteiger partial charge in [0, 0.05) is 0 Å². The van der Waals surface area contributed by atoms with Gasteiger partial charge < -0.3 is 5.11 Å². The second-order valence-electron chi connectivity index (χ2n) is 3.26. The standard InChI is InChI=1S/C9H5FN2O4/c1-2-9(10)12-4-3(11-2)5(13)7(15)8(16)6(4)14/h8,16H,1H3. The van der Waals surface area contributed by atoms with Crippen molar-refractivity contribution in [3.05, 3.63) is 23.0 Å². The molecule has 1 aliphatic carbocycles. The molecule has 0 aliphatic heterocycles. The molecular formula is C9H5FN2O4. The van der Waals surface area contributed by atoms with Crippen molar-refractivity contribution in [2.45, 2.75) is 13.0 Å². The number of rotatable bonds is 0. The van der Waals surface area contributed by atoms with E-state index in [-0.39, 0.29) is 5.69 Å². The smallest absolute Gasteiger partial charge is 0.252 e. The molecule has 0 amide bonds. The maximum Gasteiger partial charge on any atom is 0.252 e. The highest BCUT2D eigenvalue weighted by Crippen LogP contribution is 2.17. The van der Waals surface area contributed by atoms with Gasteiger partial charge >= 0.3 is 0 Å². The van der Waals surface area contributed by atoms with Crippen LogP contribution in [0.25, 0.3) is 0 Å². The summed E-state index contributed by atoms with van der Waals surface area (Å²) >= 11 is 0. The van der Waals surface area contributed by atoms with E-state index in [1.54, 1.807) is 0 Å². The highest BCUT2D eigenvalue weighted by atomic mass is 19.1. The number of aromatic nitrogens is 2. The number of hydrogen-bond donors (Lipinski definition) is 1. The number of ketones is 3. The maximum absolute atomic E-state index is 13.0. The second-order valence-corrected chi connectivity index (χ2v) is 3.26. The van der Waals surface area contributed by atoms with Gasteiger partial charge in [-0.2, -0.15) is 4.39 Å². The van der Waals surface area contributed by atoms with Gasteiger partial charge in [-0.15, -0.1) is 0 Å². The van der Waals surface area contributed by atoms with Crippen LogP contribution in [-0.2, 0) is 4.79 Å². The molecule has 7 heteroatoms. The molecule has 16 heavy (non-hydrogen) atoms. The molecule has 1 aromatic rings. The Labute approximate surface area is 88.1 Å². The lowest BCUT2D eigenvalue weighted by Gasteiger charge is -2.15. The molecule has 1 aromatic heterocycles. The van der Waals surface area contributed by atoms with E-state index in [2.05, 4.69) is 9.97 Å². The monoisotopic (exact) mass is 224 g/mol. The minimum absolute atomic E-state index is 0.191. The van der Waals surface area contributed by atoms with Crippen LogP contribution >= 0.6 is 0 Å². The van der Waals surface area contributed by atoms with Crippen molar-refractivity contribution in [2.24, 2.45) is 0 Å².